The monoisotopic (exact) mass is 308 g/mol. The molecule has 4 rings (SSSR count). The van der Waals surface area contributed by atoms with Gasteiger partial charge in [-0.3, -0.25) is 5.10 Å². The second-order valence-electron chi connectivity index (χ2n) is 5.95. The molecule has 0 atom stereocenters. The molecule has 0 radical (unpaired) electrons. The lowest BCUT2D eigenvalue weighted by Gasteiger charge is -2.22. The normalized spacial score (nSPS) is 15.9. The number of pyridine rings is 1. The zero-order valence-corrected chi connectivity index (χ0v) is 13.2. The molecule has 0 unspecified atom stereocenters. The predicted octanol–water partition coefficient (Wildman–Crippen LogP) is 3.10. The number of nitrogens with one attached hydrogen (secondary N) is 2. The summed E-state index contributed by atoms with van der Waals surface area (Å²) in [5.74, 6) is 1.37. The second kappa shape index (κ2) is 6.01. The number of aromatic nitrogens is 3. The molecule has 1 aliphatic rings. The minimum absolute atomic E-state index is 0.509. The lowest BCUT2D eigenvalue weighted by molar-refractivity contribution is 0.415. The summed E-state index contributed by atoms with van der Waals surface area (Å²) in [6.07, 6.45) is 4.08. The lowest BCUT2D eigenvalue weighted by Crippen LogP contribution is -2.26. The molecule has 5 nitrogen and oxygen atoms in total. The Morgan fingerprint density at radius 1 is 1.17 bits per heavy atom. The molecule has 23 heavy (non-hydrogen) atoms. The Hall–Kier alpha value is -2.40. The van der Waals surface area contributed by atoms with Gasteiger partial charge in [0.2, 0.25) is 0 Å². The number of hydrogen-bond donors (Lipinski definition) is 2. The molecule has 5 heteroatoms. The van der Waals surface area contributed by atoms with Crippen LogP contribution in [0.15, 0.2) is 36.5 Å². The van der Waals surface area contributed by atoms with Crippen LogP contribution in [0.5, 0.6) is 5.75 Å². The predicted molar refractivity (Wildman–Crippen MR) is 90.7 cm³/mol. The van der Waals surface area contributed by atoms with Crippen molar-refractivity contribution in [3.05, 3.63) is 42.2 Å². The molecule has 1 saturated heterocycles. The van der Waals surface area contributed by atoms with E-state index in [9.17, 15) is 0 Å². The van der Waals surface area contributed by atoms with E-state index in [-0.39, 0.29) is 0 Å². The van der Waals surface area contributed by atoms with Gasteiger partial charge in [-0.15, -0.1) is 0 Å². The van der Waals surface area contributed by atoms with Gasteiger partial charge >= 0.3 is 0 Å². The molecule has 118 valence electrons. The van der Waals surface area contributed by atoms with Gasteiger partial charge in [-0.1, -0.05) is 12.1 Å². The lowest BCUT2D eigenvalue weighted by atomic mass is 9.90. The van der Waals surface area contributed by atoms with E-state index in [0.717, 1.165) is 53.8 Å². The van der Waals surface area contributed by atoms with Crippen LogP contribution < -0.4 is 10.1 Å². The molecule has 0 amide bonds. The maximum absolute atomic E-state index is 5.37. The van der Waals surface area contributed by atoms with E-state index in [1.165, 1.54) is 5.69 Å². The van der Waals surface area contributed by atoms with Crippen molar-refractivity contribution in [3.63, 3.8) is 0 Å². The number of ether oxygens (including phenoxy) is 1. The highest BCUT2D eigenvalue weighted by molar-refractivity contribution is 5.95. The first kappa shape index (κ1) is 14.2. The molecule has 0 bridgehead atoms. The molecular weight excluding hydrogens is 288 g/mol. The molecule has 1 aliphatic heterocycles. The molecule has 3 heterocycles. The third-order valence-corrected chi connectivity index (χ3v) is 4.61. The summed E-state index contributed by atoms with van der Waals surface area (Å²) in [5.41, 5.74) is 4.30. The van der Waals surface area contributed by atoms with Crippen molar-refractivity contribution in [2.24, 2.45) is 0 Å². The van der Waals surface area contributed by atoms with Crippen LogP contribution in [-0.4, -0.2) is 35.4 Å². The van der Waals surface area contributed by atoms with Crippen molar-refractivity contribution in [3.8, 4) is 16.9 Å². The van der Waals surface area contributed by atoms with Gasteiger partial charge in [0.25, 0.3) is 0 Å². The van der Waals surface area contributed by atoms with Crippen molar-refractivity contribution in [1.29, 1.82) is 0 Å². The fraction of sp³-hybridized carbons (Fsp3) is 0.333. The second-order valence-corrected chi connectivity index (χ2v) is 5.95. The quantitative estimate of drug-likeness (QED) is 0.780. The Labute approximate surface area is 135 Å². The van der Waals surface area contributed by atoms with Gasteiger partial charge in [0.15, 0.2) is 5.65 Å². The van der Waals surface area contributed by atoms with Crippen molar-refractivity contribution in [2.75, 3.05) is 20.2 Å². The molecule has 0 spiro atoms. The number of aromatic amines is 1. The zero-order valence-electron chi connectivity index (χ0n) is 13.2. The summed E-state index contributed by atoms with van der Waals surface area (Å²) < 4.78 is 5.37. The SMILES string of the molecule is COc1cccc(-c2ccnc3n[nH]c(C4CCNCC4)c23)c1. The highest BCUT2D eigenvalue weighted by Crippen LogP contribution is 2.36. The van der Waals surface area contributed by atoms with Gasteiger partial charge in [0, 0.05) is 17.8 Å². The van der Waals surface area contributed by atoms with Crippen molar-refractivity contribution >= 4 is 11.0 Å². The number of H-pyrrole nitrogens is 1. The summed E-state index contributed by atoms with van der Waals surface area (Å²) in [4.78, 5) is 4.44. The van der Waals surface area contributed by atoms with Gasteiger partial charge in [-0.25, -0.2) is 4.98 Å². The minimum atomic E-state index is 0.509. The fourth-order valence-corrected chi connectivity index (χ4v) is 3.41. The number of benzene rings is 1. The molecular formula is C18H20N4O. The first-order valence-electron chi connectivity index (χ1n) is 8.05. The summed E-state index contributed by atoms with van der Waals surface area (Å²) >= 11 is 0. The minimum Gasteiger partial charge on any atom is -0.497 e. The fourth-order valence-electron chi connectivity index (χ4n) is 3.41. The molecule has 1 fully saturated rings. The topological polar surface area (TPSA) is 62.8 Å². The van der Waals surface area contributed by atoms with Crippen LogP contribution in [0.3, 0.4) is 0 Å². The average Bonchev–Trinajstić information content (AvgIpc) is 3.06. The number of piperidine rings is 1. The number of hydrogen-bond acceptors (Lipinski definition) is 4. The van der Waals surface area contributed by atoms with Gasteiger partial charge in [-0.05, 0) is 55.3 Å². The van der Waals surface area contributed by atoms with Crippen molar-refractivity contribution < 1.29 is 4.74 Å². The summed E-state index contributed by atoms with van der Waals surface area (Å²) in [6, 6.07) is 10.2. The van der Waals surface area contributed by atoms with Crippen molar-refractivity contribution in [1.82, 2.24) is 20.5 Å². The number of rotatable bonds is 3. The molecule has 0 saturated carbocycles. The Balaban J connectivity index is 1.87. The van der Waals surface area contributed by atoms with Gasteiger partial charge < -0.3 is 10.1 Å². The molecule has 2 aromatic heterocycles. The molecule has 0 aliphatic carbocycles. The first-order chi connectivity index (χ1) is 11.4. The van der Waals surface area contributed by atoms with Gasteiger partial charge in [-0.2, -0.15) is 5.10 Å². The van der Waals surface area contributed by atoms with E-state index >= 15 is 0 Å². The van der Waals surface area contributed by atoms with Crippen LogP contribution in [0, 0.1) is 0 Å². The van der Waals surface area contributed by atoms with Crippen molar-refractivity contribution in [2.45, 2.75) is 18.8 Å². The van der Waals surface area contributed by atoms with E-state index in [4.69, 9.17) is 4.74 Å². The smallest absolute Gasteiger partial charge is 0.181 e. The van der Waals surface area contributed by atoms with Crippen LogP contribution in [0.1, 0.15) is 24.5 Å². The summed E-state index contributed by atoms with van der Waals surface area (Å²) in [5, 5.41) is 12.3. The largest absolute Gasteiger partial charge is 0.497 e. The average molecular weight is 308 g/mol. The summed E-state index contributed by atoms with van der Waals surface area (Å²) in [7, 11) is 1.69. The maximum atomic E-state index is 5.37. The zero-order chi connectivity index (χ0) is 15.6. The highest BCUT2D eigenvalue weighted by Gasteiger charge is 2.22. The molecule has 3 aromatic rings. The van der Waals surface area contributed by atoms with E-state index < -0.39 is 0 Å². The van der Waals surface area contributed by atoms with Crippen LogP contribution in [-0.2, 0) is 0 Å². The third kappa shape index (κ3) is 2.57. The van der Waals surface area contributed by atoms with E-state index in [2.05, 4.69) is 38.7 Å². The van der Waals surface area contributed by atoms with Gasteiger partial charge in [0.1, 0.15) is 5.75 Å². The first-order valence-corrected chi connectivity index (χ1v) is 8.05. The van der Waals surface area contributed by atoms with E-state index in [0.29, 0.717) is 5.92 Å². The standard InChI is InChI=1S/C18H20N4O/c1-23-14-4-2-3-13(11-14)15-7-10-20-18-16(15)17(21-22-18)12-5-8-19-9-6-12/h2-4,7,10-12,19H,5-6,8-9H2,1H3,(H,20,21,22). The van der Waals surface area contributed by atoms with Crippen LogP contribution in [0.4, 0.5) is 0 Å². The van der Waals surface area contributed by atoms with Crippen LogP contribution in [0.2, 0.25) is 0 Å². The van der Waals surface area contributed by atoms with E-state index in [1.807, 2.05) is 18.3 Å². The number of nitrogens with zero attached hydrogens (tertiary/aromatic N) is 2. The van der Waals surface area contributed by atoms with Gasteiger partial charge in [0.05, 0.1) is 12.5 Å². The number of methoxy groups -OCH3 is 1. The maximum Gasteiger partial charge on any atom is 0.181 e. The number of fused-ring (bicyclic) bond motifs is 1. The molecule has 1 aromatic carbocycles. The summed E-state index contributed by atoms with van der Waals surface area (Å²) in [6.45, 7) is 2.11. The third-order valence-electron chi connectivity index (χ3n) is 4.61. The van der Waals surface area contributed by atoms with Crippen LogP contribution >= 0.6 is 0 Å². The highest BCUT2D eigenvalue weighted by atomic mass is 16.5. The Kier molecular flexibility index (Phi) is 3.71. The van der Waals surface area contributed by atoms with E-state index in [1.54, 1.807) is 7.11 Å². The molecule has 2 N–H and O–H groups in total. The Morgan fingerprint density at radius 3 is 2.87 bits per heavy atom. The van der Waals surface area contributed by atoms with Crippen LogP contribution in [0.25, 0.3) is 22.2 Å². The Bertz CT molecular complexity index is 821. The Morgan fingerprint density at radius 2 is 2.04 bits per heavy atom.